The van der Waals surface area contributed by atoms with Gasteiger partial charge in [0.1, 0.15) is 0 Å². The minimum Gasteiger partial charge on any atom is -0.478 e. The molecule has 0 saturated heterocycles. The van der Waals surface area contributed by atoms with Gasteiger partial charge in [0.15, 0.2) is 0 Å². The summed E-state index contributed by atoms with van der Waals surface area (Å²) in [5, 5.41) is 9.39. The molecule has 1 aliphatic rings. The Bertz CT molecular complexity index is 690. The van der Waals surface area contributed by atoms with Crippen molar-refractivity contribution in [2.75, 3.05) is 0 Å². The summed E-state index contributed by atoms with van der Waals surface area (Å²) in [5.41, 5.74) is 4.03. The maximum absolute atomic E-state index is 11.4. The highest BCUT2D eigenvalue weighted by atomic mass is 16.4. The predicted octanol–water partition coefficient (Wildman–Crippen LogP) is 3.83. The van der Waals surface area contributed by atoms with Crippen molar-refractivity contribution >= 4 is 18.1 Å². The zero-order chi connectivity index (χ0) is 14.7. The van der Waals surface area contributed by atoms with Gasteiger partial charge < -0.3 is 5.11 Å². The van der Waals surface area contributed by atoms with Crippen LogP contribution in [-0.2, 0) is 12.8 Å². The van der Waals surface area contributed by atoms with E-state index in [-0.39, 0.29) is 0 Å². The highest BCUT2D eigenvalue weighted by Crippen LogP contribution is 2.23. The fraction of sp³-hybridized carbons (Fsp3) is 0.222. The number of carboxylic acids is 1. The summed E-state index contributed by atoms with van der Waals surface area (Å²) in [4.78, 5) is 16.0. The van der Waals surface area contributed by atoms with E-state index in [4.69, 9.17) is 0 Å². The topological polar surface area (TPSA) is 50.2 Å². The van der Waals surface area contributed by atoms with Crippen LogP contribution in [-0.4, -0.2) is 16.1 Å². The van der Waals surface area contributed by atoms with Crippen molar-refractivity contribution in [2.45, 2.75) is 25.7 Å². The minimum atomic E-state index is -0.913. The first-order valence-corrected chi connectivity index (χ1v) is 7.23. The fourth-order valence-corrected chi connectivity index (χ4v) is 2.69. The lowest BCUT2D eigenvalue weighted by molar-refractivity contribution is 0.0696. The van der Waals surface area contributed by atoms with Gasteiger partial charge in [-0.05, 0) is 49.0 Å². The highest BCUT2D eigenvalue weighted by molar-refractivity contribution is 5.92. The second-order valence-corrected chi connectivity index (χ2v) is 5.28. The Balaban J connectivity index is 2.00. The molecule has 1 aliphatic carbocycles. The van der Waals surface area contributed by atoms with Gasteiger partial charge in [-0.25, -0.2) is 4.79 Å². The molecule has 1 aromatic carbocycles. The summed E-state index contributed by atoms with van der Waals surface area (Å²) >= 11 is 0. The zero-order valence-corrected chi connectivity index (χ0v) is 11.7. The first kappa shape index (κ1) is 13.6. The number of hydrogen-bond donors (Lipinski definition) is 1. The number of pyridine rings is 1. The van der Waals surface area contributed by atoms with Gasteiger partial charge in [-0.1, -0.05) is 36.4 Å². The Labute approximate surface area is 124 Å². The lowest BCUT2D eigenvalue weighted by atomic mass is 9.94. The van der Waals surface area contributed by atoms with Gasteiger partial charge in [-0.3, -0.25) is 4.98 Å². The van der Waals surface area contributed by atoms with Crippen molar-refractivity contribution in [3.8, 4) is 0 Å². The zero-order valence-electron chi connectivity index (χ0n) is 11.7. The van der Waals surface area contributed by atoms with Crippen LogP contribution in [0.4, 0.5) is 0 Å². The van der Waals surface area contributed by atoms with Gasteiger partial charge >= 0.3 is 5.97 Å². The van der Waals surface area contributed by atoms with Crippen molar-refractivity contribution in [3.05, 3.63) is 64.5 Å². The molecule has 106 valence electrons. The van der Waals surface area contributed by atoms with Gasteiger partial charge in [0.05, 0.1) is 11.3 Å². The average Bonchev–Trinajstić information content (AvgIpc) is 2.53. The molecular formula is C18H17NO2. The molecule has 0 bridgehead atoms. The van der Waals surface area contributed by atoms with Crippen LogP contribution in [0.2, 0.25) is 0 Å². The van der Waals surface area contributed by atoms with E-state index in [9.17, 15) is 9.90 Å². The van der Waals surface area contributed by atoms with E-state index in [1.165, 1.54) is 0 Å². The second kappa shape index (κ2) is 5.92. The SMILES string of the molecule is O=C(O)c1cc2c(nc1C=Cc1ccccc1)CCCC2. The average molecular weight is 279 g/mol. The Morgan fingerprint density at radius 3 is 2.62 bits per heavy atom. The smallest absolute Gasteiger partial charge is 0.337 e. The van der Waals surface area contributed by atoms with E-state index in [2.05, 4.69) is 4.98 Å². The maximum atomic E-state index is 11.4. The molecule has 0 atom stereocenters. The van der Waals surface area contributed by atoms with E-state index < -0.39 is 5.97 Å². The van der Waals surface area contributed by atoms with Crippen LogP contribution in [0, 0.1) is 0 Å². The van der Waals surface area contributed by atoms with Gasteiger partial charge in [-0.15, -0.1) is 0 Å². The Hall–Kier alpha value is -2.42. The van der Waals surface area contributed by atoms with Crippen LogP contribution >= 0.6 is 0 Å². The molecule has 3 nitrogen and oxygen atoms in total. The van der Waals surface area contributed by atoms with E-state index in [0.717, 1.165) is 42.5 Å². The first-order chi connectivity index (χ1) is 10.2. The number of rotatable bonds is 3. The summed E-state index contributed by atoms with van der Waals surface area (Å²) in [6.07, 6.45) is 7.84. The quantitative estimate of drug-likeness (QED) is 0.929. The molecule has 0 saturated carbocycles. The minimum absolute atomic E-state index is 0.294. The van der Waals surface area contributed by atoms with Crippen LogP contribution in [0.1, 0.15) is 45.7 Å². The lowest BCUT2D eigenvalue weighted by Gasteiger charge is -2.16. The number of aromatic nitrogens is 1. The van der Waals surface area contributed by atoms with Crippen molar-refractivity contribution in [3.63, 3.8) is 0 Å². The molecule has 0 fully saturated rings. The molecule has 3 heteroatoms. The standard InChI is InChI=1S/C18H17NO2/c20-18(21)15-12-14-8-4-5-9-16(14)19-17(15)11-10-13-6-2-1-3-7-13/h1-3,6-7,10-12H,4-5,8-9H2,(H,20,21). The number of aryl methyl sites for hydroxylation is 2. The molecule has 2 aromatic rings. The summed E-state index contributed by atoms with van der Waals surface area (Å²) in [7, 11) is 0. The summed E-state index contributed by atoms with van der Waals surface area (Å²) < 4.78 is 0. The number of hydrogen-bond acceptors (Lipinski definition) is 2. The third kappa shape index (κ3) is 3.02. The largest absolute Gasteiger partial charge is 0.478 e. The molecule has 3 rings (SSSR count). The van der Waals surface area contributed by atoms with Crippen LogP contribution in [0.3, 0.4) is 0 Å². The maximum Gasteiger partial charge on any atom is 0.337 e. The summed E-state index contributed by atoms with van der Waals surface area (Å²) in [6.45, 7) is 0. The van der Waals surface area contributed by atoms with Crippen molar-refractivity contribution in [1.82, 2.24) is 4.98 Å². The van der Waals surface area contributed by atoms with Gasteiger partial charge in [0.2, 0.25) is 0 Å². The molecule has 0 aliphatic heterocycles. The van der Waals surface area contributed by atoms with Crippen molar-refractivity contribution in [1.29, 1.82) is 0 Å². The monoisotopic (exact) mass is 279 g/mol. The summed E-state index contributed by atoms with van der Waals surface area (Å²) in [5.74, 6) is -0.913. The Kier molecular flexibility index (Phi) is 3.82. The molecule has 1 heterocycles. The van der Waals surface area contributed by atoms with Gasteiger partial charge in [0.25, 0.3) is 0 Å². The third-order valence-electron chi connectivity index (χ3n) is 3.79. The number of nitrogens with zero attached hydrogens (tertiary/aromatic N) is 1. The van der Waals surface area contributed by atoms with Crippen LogP contribution in [0.15, 0.2) is 36.4 Å². The molecule has 1 N–H and O–H groups in total. The second-order valence-electron chi connectivity index (χ2n) is 5.28. The van der Waals surface area contributed by atoms with Gasteiger partial charge in [0, 0.05) is 5.69 Å². The molecule has 0 radical (unpaired) electrons. The predicted molar refractivity (Wildman–Crippen MR) is 83.2 cm³/mol. The number of carbonyl (C=O) groups is 1. The molecule has 1 aromatic heterocycles. The molecular weight excluding hydrogens is 262 g/mol. The van der Waals surface area contributed by atoms with E-state index in [1.807, 2.05) is 36.4 Å². The Morgan fingerprint density at radius 2 is 1.86 bits per heavy atom. The lowest BCUT2D eigenvalue weighted by Crippen LogP contribution is -2.11. The van der Waals surface area contributed by atoms with Gasteiger partial charge in [-0.2, -0.15) is 0 Å². The molecule has 0 spiro atoms. The van der Waals surface area contributed by atoms with Crippen LogP contribution < -0.4 is 0 Å². The summed E-state index contributed by atoms with van der Waals surface area (Å²) in [6, 6.07) is 11.6. The molecule has 0 unspecified atom stereocenters. The van der Waals surface area contributed by atoms with E-state index >= 15 is 0 Å². The number of aromatic carboxylic acids is 1. The van der Waals surface area contributed by atoms with E-state index in [1.54, 1.807) is 12.1 Å². The van der Waals surface area contributed by atoms with Crippen LogP contribution in [0.5, 0.6) is 0 Å². The van der Waals surface area contributed by atoms with Crippen LogP contribution in [0.25, 0.3) is 12.2 Å². The van der Waals surface area contributed by atoms with E-state index in [0.29, 0.717) is 11.3 Å². The third-order valence-corrected chi connectivity index (χ3v) is 3.79. The number of fused-ring (bicyclic) bond motifs is 1. The molecule has 21 heavy (non-hydrogen) atoms. The Morgan fingerprint density at radius 1 is 1.10 bits per heavy atom. The number of carboxylic acid groups (broad SMARTS) is 1. The normalized spacial score (nSPS) is 14.1. The number of benzene rings is 1. The highest BCUT2D eigenvalue weighted by Gasteiger charge is 2.17. The first-order valence-electron chi connectivity index (χ1n) is 7.23. The van der Waals surface area contributed by atoms with Crippen molar-refractivity contribution < 1.29 is 9.90 Å². The molecule has 0 amide bonds. The van der Waals surface area contributed by atoms with Crippen molar-refractivity contribution in [2.24, 2.45) is 0 Å². The fourth-order valence-electron chi connectivity index (χ4n) is 2.69.